The Hall–Kier alpha value is -1.67. The van der Waals surface area contributed by atoms with Crippen LogP contribution in [0.15, 0.2) is 0 Å². The van der Waals surface area contributed by atoms with Crippen LogP contribution in [0, 0.1) is 0 Å². The van der Waals surface area contributed by atoms with Crippen LogP contribution in [-0.4, -0.2) is 73.0 Å². The Morgan fingerprint density at radius 3 is 2.72 bits per heavy atom. The van der Waals surface area contributed by atoms with E-state index in [9.17, 15) is 14.4 Å². The predicted molar refractivity (Wildman–Crippen MR) is 62.5 cm³/mol. The lowest BCUT2D eigenvalue weighted by molar-refractivity contribution is -0.131. The number of amides is 4. The highest BCUT2D eigenvalue weighted by Gasteiger charge is 2.32. The number of rotatable bonds is 3. The first-order chi connectivity index (χ1) is 8.59. The van der Waals surface area contributed by atoms with Gasteiger partial charge in [-0.3, -0.25) is 19.4 Å². The van der Waals surface area contributed by atoms with Crippen LogP contribution >= 0.6 is 0 Å². The summed E-state index contributed by atoms with van der Waals surface area (Å²) in [5.74, 6) is -0.751. The molecule has 100 valence electrons. The maximum atomic E-state index is 11.9. The number of urea groups is 1. The van der Waals surface area contributed by atoms with E-state index in [1.165, 1.54) is 4.90 Å². The van der Waals surface area contributed by atoms with E-state index in [2.05, 4.69) is 10.6 Å². The number of carbonyl (C=O) groups is 3. The molecule has 0 aromatic carbocycles. The summed E-state index contributed by atoms with van der Waals surface area (Å²) in [5.41, 5.74) is 5.29. The molecule has 0 spiro atoms. The maximum absolute atomic E-state index is 11.9. The molecule has 2 aliphatic heterocycles. The van der Waals surface area contributed by atoms with Gasteiger partial charge in [-0.15, -0.1) is 0 Å². The molecular formula is C10H17N5O3. The Labute approximate surface area is 104 Å². The van der Waals surface area contributed by atoms with E-state index < -0.39 is 11.9 Å². The van der Waals surface area contributed by atoms with Crippen LogP contribution in [0.25, 0.3) is 0 Å². The third-order valence-corrected chi connectivity index (χ3v) is 3.18. The van der Waals surface area contributed by atoms with Crippen LogP contribution in [0.1, 0.15) is 0 Å². The molecule has 18 heavy (non-hydrogen) atoms. The molecule has 8 nitrogen and oxygen atoms in total. The van der Waals surface area contributed by atoms with Crippen LogP contribution in [-0.2, 0) is 9.59 Å². The highest BCUT2D eigenvalue weighted by molar-refractivity contribution is 5.97. The molecule has 4 N–H and O–H groups in total. The fraction of sp³-hybridized carbons (Fsp3) is 0.700. The lowest BCUT2D eigenvalue weighted by Crippen LogP contribution is -2.59. The van der Waals surface area contributed by atoms with Crippen molar-refractivity contribution in [1.29, 1.82) is 0 Å². The molecule has 0 aliphatic carbocycles. The van der Waals surface area contributed by atoms with Crippen molar-refractivity contribution in [3.8, 4) is 0 Å². The maximum Gasteiger partial charge on any atom is 0.324 e. The van der Waals surface area contributed by atoms with Crippen LogP contribution < -0.4 is 16.4 Å². The normalized spacial score (nSPS) is 25.0. The average Bonchev–Trinajstić information content (AvgIpc) is 2.76. The van der Waals surface area contributed by atoms with E-state index in [0.29, 0.717) is 32.7 Å². The van der Waals surface area contributed by atoms with Crippen LogP contribution in [0.2, 0.25) is 0 Å². The zero-order valence-corrected chi connectivity index (χ0v) is 10.0. The van der Waals surface area contributed by atoms with Gasteiger partial charge in [-0.2, -0.15) is 0 Å². The van der Waals surface area contributed by atoms with Crippen molar-refractivity contribution in [1.82, 2.24) is 20.4 Å². The SMILES string of the molecule is NC(=O)C1CNCCN1CC(=O)N1CCNC1=O. The number of hydrogen-bond acceptors (Lipinski definition) is 5. The lowest BCUT2D eigenvalue weighted by Gasteiger charge is -2.34. The summed E-state index contributed by atoms with van der Waals surface area (Å²) in [6.45, 7) is 2.60. The summed E-state index contributed by atoms with van der Waals surface area (Å²) in [6.07, 6.45) is 0. The molecule has 2 heterocycles. The quantitative estimate of drug-likeness (QED) is 0.508. The molecule has 2 saturated heterocycles. The van der Waals surface area contributed by atoms with Gasteiger partial charge in [0.1, 0.15) is 6.04 Å². The Balaban J connectivity index is 1.96. The number of hydrogen-bond donors (Lipinski definition) is 3. The first-order valence-electron chi connectivity index (χ1n) is 5.92. The van der Waals surface area contributed by atoms with Crippen molar-refractivity contribution in [2.45, 2.75) is 6.04 Å². The minimum atomic E-state index is -0.492. The molecule has 0 bridgehead atoms. The number of nitrogens with zero attached hydrogens (tertiary/aromatic N) is 2. The molecule has 0 aromatic rings. The van der Waals surface area contributed by atoms with Crippen molar-refractivity contribution in [3.05, 3.63) is 0 Å². The van der Waals surface area contributed by atoms with E-state index in [1.807, 2.05) is 0 Å². The fourth-order valence-corrected chi connectivity index (χ4v) is 2.18. The van der Waals surface area contributed by atoms with Gasteiger partial charge < -0.3 is 16.4 Å². The molecule has 2 rings (SSSR count). The number of carbonyl (C=O) groups excluding carboxylic acids is 3. The minimum absolute atomic E-state index is 0.0444. The second kappa shape index (κ2) is 5.32. The fourth-order valence-electron chi connectivity index (χ4n) is 2.18. The van der Waals surface area contributed by atoms with Crippen LogP contribution in [0.4, 0.5) is 4.79 Å². The number of piperazine rings is 1. The third kappa shape index (κ3) is 2.59. The molecule has 1 atom stereocenters. The molecule has 2 aliphatic rings. The Morgan fingerprint density at radius 2 is 2.11 bits per heavy atom. The second-order valence-corrected chi connectivity index (χ2v) is 4.37. The van der Waals surface area contributed by atoms with Crippen molar-refractivity contribution < 1.29 is 14.4 Å². The van der Waals surface area contributed by atoms with Gasteiger partial charge in [-0.05, 0) is 0 Å². The third-order valence-electron chi connectivity index (χ3n) is 3.18. The molecular weight excluding hydrogens is 238 g/mol. The number of primary amides is 1. The van der Waals surface area contributed by atoms with E-state index in [4.69, 9.17) is 5.73 Å². The highest BCUT2D eigenvalue weighted by atomic mass is 16.2. The number of nitrogens with one attached hydrogen (secondary N) is 2. The lowest BCUT2D eigenvalue weighted by atomic mass is 10.2. The topological polar surface area (TPSA) is 108 Å². The summed E-state index contributed by atoms with van der Waals surface area (Å²) < 4.78 is 0. The van der Waals surface area contributed by atoms with E-state index in [1.54, 1.807) is 4.90 Å². The van der Waals surface area contributed by atoms with Gasteiger partial charge in [0, 0.05) is 32.7 Å². The second-order valence-electron chi connectivity index (χ2n) is 4.37. The van der Waals surface area contributed by atoms with Crippen molar-refractivity contribution in [3.63, 3.8) is 0 Å². The number of nitrogens with two attached hydrogens (primary N) is 1. The van der Waals surface area contributed by atoms with Gasteiger partial charge in [0.15, 0.2) is 0 Å². The Bertz CT molecular complexity index is 373. The van der Waals surface area contributed by atoms with E-state index in [-0.39, 0.29) is 18.5 Å². The van der Waals surface area contributed by atoms with Gasteiger partial charge in [-0.1, -0.05) is 0 Å². The van der Waals surface area contributed by atoms with Crippen molar-refractivity contribution >= 4 is 17.8 Å². The summed E-state index contributed by atoms with van der Waals surface area (Å²) >= 11 is 0. The van der Waals surface area contributed by atoms with Gasteiger partial charge in [0.2, 0.25) is 11.8 Å². The minimum Gasteiger partial charge on any atom is -0.368 e. The molecule has 8 heteroatoms. The van der Waals surface area contributed by atoms with Crippen LogP contribution in [0.5, 0.6) is 0 Å². The summed E-state index contributed by atoms with van der Waals surface area (Å²) in [5, 5.41) is 5.62. The molecule has 1 unspecified atom stereocenters. The molecule has 0 aromatic heterocycles. The first kappa shape index (κ1) is 12.8. The van der Waals surface area contributed by atoms with Crippen LogP contribution in [0.3, 0.4) is 0 Å². The monoisotopic (exact) mass is 255 g/mol. The van der Waals surface area contributed by atoms with Gasteiger partial charge in [0.25, 0.3) is 0 Å². The zero-order chi connectivity index (χ0) is 13.1. The summed E-state index contributed by atoms with van der Waals surface area (Å²) in [7, 11) is 0. The Morgan fingerprint density at radius 1 is 1.33 bits per heavy atom. The molecule has 4 amide bonds. The first-order valence-corrected chi connectivity index (χ1v) is 5.92. The van der Waals surface area contributed by atoms with Gasteiger partial charge in [-0.25, -0.2) is 4.79 Å². The molecule has 2 fully saturated rings. The van der Waals surface area contributed by atoms with E-state index in [0.717, 1.165) is 0 Å². The zero-order valence-electron chi connectivity index (χ0n) is 10.0. The summed E-state index contributed by atoms with van der Waals surface area (Å²) in [6, 6.07) is -0.862. The Kier molecular flexibility index (Phi) is 3.78. The largest absolute Gasteiger partial charge is 0.368 e. The van der Waals surface area contributed by atoms with E-state index >= 15 is 0 Å². The molecule has 0 radical (unpaired) electrons. The summed E-state index contributed by atoms with van der Waals surface area (Å²) in [4.78, 5) is 37.4. The average molecular weight is 255 g/mol. The molecule has 0 saturated carbocycles. The van der Waals surface area contributed by atoms with Gasteiger partial charge in [0.05, 0.1) is 6.54 Å². The van der Waals surface area contributed by atoms with Crippen molar-refractivity contribution in [2.24, 2.45) is 5.73 Å². The predicted octanol–water partition coefficient (Wildman–Crippen LogP) is -2.70. The standard InChI is InChI=1S/C10H17N5O3/c11-9(17)7-5-12-1-3-14(7)6-8(16)15-4-2-13-10(15)18/h7,12H,1-6H2,(H2,11,17)(H,13,18). The highest BCUT2D eigenvalue weighted by Crippen LogP contribution is 2.05. The van der Waals surface area contributed by atoms with Crippen molar-refractivity contribution in [2.75, 3.05) is 39.3 Å². The number of imide groups is 1. The smallest absolute Gasteiger partial charge is 0.324 e. The van der Waals surface area contributed by atoms with Gasteiger partial charge >= 0.3 is 6.03 Å².